The summed E-state index contributed by atoms with van der Waals surface area (Å²) in [7, 11) is 1.67. The highest BCUT2D eigenvalue weighted by atomic mass is 35.5. The van der Waals surface area contributed by atoms with E-state index in [-0.39, 0.29) is 5.91 Å². The Morgan fingerprint density at radius 2 is 1.91 bits per heavy atom. The number of hydrogen-bond acceptors (Lipinski definition) is 2. The third-order valence-electron chi connectivity index (χ3n) is 5.07. The highest BCUT2D eigenvalue weighted by Gasteiger charge is 2.63. The highest BCUT2D eigenvalue weighted by molar-refractivity contribution is 6.34. The molecule has 2 fully saturated rings. The van der Waals surface area contributed by atoms with Crippen LogP contribution < -0.4 is 0 Å². The molecular formula is C16H17Cl2NO3. The molecule has 1 aliphatic carbocycles. The van der Waals surface area contributed by atoms with Crippen molar-refractivity contribution in [1.29, 1.82) is 0 Å². The zero-order chi connectivity index (χ0) is 16.1. The first-order valence-electron chi connectivity index (χ1n) is 7.34. The summed E-state index contributed by atoms with van der Waals surface area (Å²) in [6, 6.07) is 4.50. The van der Waals surface area contributed by atoms with E-state index in [1.54, 1.807) is 30.1 Å². The topological polar surface area (TPSA) is 57.6 Å². The number of rotatable bonds is 2. The number of likely N-dealkylation sites (tertiary alicyclic amines) is 1. The van der Waals surface area contributed by atoms with Gasteiger partial charge in [0.1, 0.15) is 5.41 Å². The quantitative estimate of drug-likeness (QED) is 0.890. The third-order valence-corrected chi connectivity index (χ3v) is 5.51. The van der Waals surface area contributed by atoms with Crippen LogP contribution in [0.2, 0.25) is 10.0 Å². The molecule has 1 N–H and O–H groups in total. The molecule has 0 aromatic heterocycles. The Balaban J connectivity index is 2.18. The van der Waals surface area contributed by atoms with Crippen molar-refractivity contribution in [2.24, 2.45) is 11.3 Å². The summed E-state index contributed by atoms with van der Waals surface area (Å²) >= 11 is 12.2. The molecule has 4 nitrogen and oxygen atoms in total. The number of fused-ring (bicyclic) bond motifs is 1. The number of nitrogens with zero attached hydrogens (tertiary/aromatic N) is 1. The normalized spacial score (nSPS) is 31.2. The van der Waals surface area contributed by atoms with Gasteiger partial charge in [0, 0.05) is 17.1 Å². The van der Waals surface area contributed by atoms with Crippen molar-refractivity contribution in [3.8, 4) is 0 Å². The van der Waals surface area contributed by atoms with E-state index in [0.717, 1.165) is 12.8 Å². The van der Waals surface area contributed by atoms with Crippen molar-refractivity contribution in [3.05, 3.63) is 33.8 Å². The molecule has 22 heavy (non-hydrogen) atoms. The molecule has 2 aliphatic rings. The van der Waals surface area contributed by atoms with Crippen molar-refractivity contribution >= 4 is 35.1 Å². The van der Waals surface area contributed by atoms with Gasteiger partial charge in [-0.15, -0.1) is 0 Å². The van der Waals surface area contributed by atoms with Crippen LogP contribution in [0.4, 0.5) is 0 Å². The van der Waals surface area contributed by atoms with Gasteiger partial charge >= 0.3 is 5.97 Å². The molecule has 1 saturated heterocycles. The van der Waals surface area contributed by atoms with Crippen LogP contribution in [0.15, 0.2) is 18.2 Å². The van der Waals surface area contributed by atoms with Gasteiger partial charge in [-0.25, -0.2) is 0 Å². The largest absolute Gasteiger partial charge is 0.481 e. The van der Waals surface area contributed by atoms with Crippen molar-refractivity contribution < 1.29 is 14.7 Å². The molecule has 1 aromatic carbocycles. The fraction of sp³-hybridized carbons (Fsp3) is 0.500. The van der Waals surface area contributed by atoms with Crippen LogP contribution in [0.1, 0.15) is 37.3 Å². The fourth-order valence-corrected chi connectivity index (χ4v) is 4.76. The number of aliphatic carboxylic acids is 1. The summed E-state index contributed by atoms with van der Waals surface area (Å²) in [6.45, 7) is 0. The Morgan fingerprint density at radius 1 is 1.27 bits per heavy atom. The molecule has 3 rings (SSSR count). The second-order valence-corrected chi connectivity index (χ2v) is 7.07. The molecule has 1 aromatic rings. The maximum Gasteiger partial charge on any atom is 0.312 e. The van der Waals surface area contributed by atoms with Gasteiger partial charge in [-0.05, 0) is 36.6 Å². The van der Waals surface area contributed by atoms with Gasteiger partial charge in [0.25, 0.3) is 0 Å². The monoisotopic (exact) mass is 341 g/mol. The number of amides is 1. The van der Waals surface area contributed by atoms with E-state index in [4.69, 9.17) is 23.2 Å². The van der Waals surface area contributed by atoms with Crippen LogP contribution in [0.25, 0.3) is 0 Å². The second kappa shape index (κ2) is 5.43. The van der Waals surface area contributed by atoms with E-state index < -0.39 is 23.3 Å². The van der Waals surface area contributed by atoms with Crippen molar-refractivity contribution in [2.75, 3.05) is 7.05 Å². The molecule has 0 bridgehead atoms. The lowest BCUT2D eigenvalue weighted by Gasteiger charge is -2.38. The minimum absolute atomic E-state index is 0.0943. The summed E-state index contributed by atoms with van der Waals surface area (Å²) in [5.41, 5.74) is -0.391. The van der Waals surface area contributed by atoms with Crippen LogP contribution >= 0.6 is 23.2 Å². The lowest BCUT2D eigenvalue weighted by molar-refractivity contribution is -0.156. The van der Waals surface area contributed by atoms with Crippen LogP contribution in [-0.2, 0) is 9.59 Å². The van der Waals surface area contributed by atoms with Crippen LogP contribution in [0.3, 0.4) is 0 Å². The average molecular weight is 342 g/mol. The molecular weight excluding hydrogens is 325 g/mol. The Labute approximate surface area is 139 Å². The Bertz CT molecular complexity index is 628. The van der Waals surface area contributed by atoms with Crippen LogP contribution in [0, 0.1) is 11.3 Å². The lowest BCUT2D eigenvalue weighted by atomic mass is 9.63. The van der Waals surface area contributed by atoms with Crippen LogP contribution in [0.5, 0.6) is 0 Å². The minimum Gasteiger partial charge on any atom is -0.481 e. The summed E-state index contributed by atoms with van der Waals surface area (Å²) in [4.78, 5) is 26.3. The standard InChI is InChI=1S/C16H17Cl2NO3/c1-19-13(9-6-10(17)8-11(18)7-9)16(15(21)22)5-3-2-4-12(16)14(19)20/h6-8,12-13H,2-5H2,1H3,(H,21,22). The van der Waals surface area contributed by atoms with Gasteiger partial charge in [-0.1, -0.05) is 36.0 Å². The molecule has 1 heterocycles. The van der Waals surface area contributed by atoms with E-state index in [0.29, 0.717) is 28.5 Å². The van der Waals surface area contributed by atoms with Crippen molar-refractivity contribution in [3.63, 3.8) is 0 Å². The number of carbonyl (C=O) groups excluding carboxylic acids is 1. The van der Waals surface area contributed by atoms with E-state index >= 15 is 0 Å². The predicted octanol–water partition coefficient (Wildman–Crippen LogP) is 3.77. The van der Waals surface area contributed by atoms with E-state index in [9.17, 15) is 14.7 Å². The number of carboxylic acid groups (broad SMARTS) is 1. The molecule has 0 radical (unpaired) electrons. The summed E-state index contributed by atoms with van der Waals surface area (Å²) in [5.74, 6) is -1.47. The smallest absolute Gasteiger partial charge is 0.312 e. The maximum atomic E-state index is 12.6. The number of halogens is 2. The molecule has 3 unspecified atom stereocenters. The molecule has 118 valence electrons. The van der Waals surface area contributed by atoms with Gasteiger partial charge in [0.2, 0.25) is 5.91 Å². The first kappa shape index (κ1) is 15.6. The lowest BCUT2D eigenvalue weighted by Crippen LogP contribution is -2.43. The van der Waals surface area contributed by atoms with Gasteiger partial charge in [0.05, 0.1) is 12.0 Å². The Hall–Kier alpha value is -1.26. The first-order valence-corrected chi connectivity index (χ1v) is 8.09. The highest BCUT2D eigenvalue weighted by Crippen LogP contribution is 2.58. The third kappa shape index (κ3) is 2.12. The summed E-state index contributed by atoms with van der Waals surface area (Å²) in [6.07, 6.45) is 2.83. The average Bonchev–Trinajstić information content (AvgIpc) is 2.68. The summed E-state index contributed by atoms with van der Waals surface area (Å²) in [5, 5.41) is 10.9. The number of carbonyl (C=O) groups is 2. The Morgan fingerprint density at radius 3 is 2.50 bits per heavy atom. The van der Waals surface area contributed by atoms with E-state index in [1.807, 2.05) is 0 Å². The zero-order valence-corrected chi connectivity index (χ0v) is 13.7. The van der Waals surface area contributed by atoms with Gasteiger partial charge in [-0.2, -0.15) is 0 Å². The number of benzene rings is 1. The maximum absolute atomic E-state index is 12.6. The number of carboxylic acids is 1. The molecule has 1 saturated carbocycles. The SMILES string of the molecule is CN1C(=O)C2CCCCC2(C(=O)O)C1c1cc(Cl)cc(Cl)c1. The fourth-order valence-electron chi connectivity index (χ4n) is 4.21. The first-order chi connectivity index (χ1) is 10.4. The van der Waals surface area contributed by atoms with Crippen molar-refractivity contribution in [1.82, 2.24) is 4.90 Å². The molecule has 1 amide bonds. The van der Waals surface area contributed by atoms with Crippen LogP contribution in [-0.4, -0.2) is 28.9 Å². The van der Waals surface area contributed by atoms with E-state index in [1.165, 1.54) is 0 Å². The second-order valence-electron chi connectivity index (χ2n) is 6.20. The minimum atomic E-state index is -1.09. The molecule has 6 heteroatoms. The van der Waals surface area contributed by atoms with Gasteiger partial charge < -0.3 is 10.0 Å². The molecule has 3 atom stereocenters. The molecule has 0 spiro atoms. The zero-order valence-electron chi connectivity index (χ0n) is 12.2. The summed E-state index contributed by atoms with van der Waals surface area (Å²) < 4.78 is 0. The molecule has 1 aliphatic heterocycles. The number of hydrogen-bond donors (Lipinski definition) is 1. The Kier molecular flexibility index (Phi) is 3.86. The van der Waals surface area contributed by atoms with Crippen molar-refractivity contribution in [2.45, 2.75) is 31.7 Å². The van der Waals surface area contributed by atoms with Gasteiger partial charge in [0.15, 0.2) is 0 Å². The van der Waals surface area contributed by atoms with E-state index in [2.05, 4.69) is 0 Å². The van der Waals surface area contributed by atoms with Gasteiger partial charge in [-0.3, -0.25) is 9.59 Å². The predicted molar refractivity (Wildman–Crippen MR) is 84.0 cm³/mol.